The standard InChI is InChI=1S/C14H21N3O4S/c1-10-5-7-15-12(16-10)22(19,20)11-6-8-17(9-11)13(18)21-14(2,3)4/h5,7,11H,6,8-9H2,1-4H3/t11-/m1/s1. The number of amides is 1. The van der Waals surface area contributed by atoms with E-state index < -0.39 is 26.8 Å². The van der Waals surface area contributed by atoms with Gasteiger partial charge in [0, 0.05) is 25.0 Å². The number of ether oxygens (including phenoxy) is 1. The van der Waals surface area contributed by atoms with Crippen LogP contribution in [-0.2, 0) is 14.6 Å². The summed E-state index contributed by atoms with van der Waals surface area (Å²) in [6.45, 7) is 7.49. The van der Waals surface area contributed by atoms with Crippen molar-refractivity contribution < 1.29 is 17.9 Å². The molecule has 0 radical (unpaired) electrons. The fourth-order valence-electron chi connectivity index (χ4n) is 2.19. The smallest absolute Gasteiger partial charge is 0.410 e. The van der Waals surface area contributed by atoms with E-state index in [1.807, 2.05) is 0 Å². The third-order valence-electron chi connectivity index (χ3n) is 3.26. The fourth-order valence-corrected chi connectivity index (χ4v) is 3.75. The Morgan fingerprint density at radius 1 is 1.41 bits per heavy atom. The monoisotopic (exact) mass is 327 g/mol. The van der Waals surface area contributed by atoms with Crippen LogP contribution in [0, 0.1) is 6.92 Å². The minimum Gasteiger partial charge on any atom is -0.444 e. The molecule has 1 saturated heterocycles. The fraction of sp³-hybridized carbons (Fsp3) is 0.643. The van der Waals surface area contributed by atoms with Crippen molar-refractivity contribution in [3.05, 3.63) is 18.0 Å². The molecule has 7 nitrogen and oxygen atoms in total. The summed E-state index contributed by atoms with van der Waals surface area (Å²) < 4.78 is 30.3. The zero-order chi connectivity index (χ0) is 16.5. The molecular weight excluding hydrogens is 306 g/mol. The third-order valence-corrected chi connectivity index (χ3v) is 5.23. The van der Waals surface area contributed by atoms with Gasteiger partial charge in [0.15, 0.2) is 0 Å². The van der Waals surface area contributed by atoms with Crippen LogP contribution in [0.3, 0.4) is 0 Å². The van der Waals surface area contributed by atoms with E-state index in [0.29, 0.717) is 18.7 Å². The van der Waals surface area contributed by atoms with Crippen LogP contribution in [-0.4, -0.2) is 53.3 Å². The molecule has 1 aliphatic heterocycles. The lowest BCUT2D eigenvalue weighted by atomic mass is 10.2. The lowest BCUT2D eigenvalue weighted by Crippen LogP contribution is -2.37. The van der Waals surface area contributed by atoms with Crippen LogP contribution in [0.15, 0.2) is 17.4 Å². The molecule has 1 aromatic rings. The first-order valence-electron chi connectivity index (χ1n) is 7.11. The van der Waals surface area contributed by atoms with Gasteiger partial charge in [0.25, 0.3) is 0 Å². The lowest BCUT2D eigenvalue weighted by Gasteiger charge is -2.24. The highest BCUT2D eigenvalue weighted by atomic mass is 32.2. The molecule has 0 N–H and O–H groups in total. The van der Waals surface area contributed by atoms with Crippen molar-refractivity contribution in [2.24, 2.45) is 0 Å². The Kier molecular flexibility index (Phi) is 4.42. The number of sulfone groups is 1. The second-order valence-corrected chi connectivity index (χ2v) is 8.48. The van der Waals surface area contributed by atoms with Crippen molar-refractivity contribution in [3.8, 4) is 0 Å². The molecule has 1 amide bonds. The minimum absolute atomic E-state index is 0.106. The maximum Gasteiger partial charge on any atom is 0.410 e. The first kappa shape index (κ1) is 16.7. The number of carbonyl (C=O) groups is 1. The van der Waals surface area contributed by atoms with Gasteiger partial charge in [-0.25, -0.2) is 23.2 Å². The molecule has 2 rings (SSSR count). The molecule has 0 aliphatic carbocycles. The third kappa shape index (κ3) is 3.73. The summed E-state index contributed by atoms with van der Waals surface area (Å²) in [6.07, 6.45) is 1.30. The Hall–Kier alpha value is -1.70. The average Bonchev–Trinajstić information content (AvgIpc) is 2.87. The minimum atomic E-state index is -3.64. The molecule has 122 valence electrons. The van der Waals surface area contributed by atoms with Crippen molar-refractivity contribution >= 4 is 15.9 Å². The normalized spacial score (nSPS) is 19.3. The van der Waals surface area contributed by atoms with E-state index in [2.05, 4.69) is 9.97 Å². The maximum absolute atomic E-state index is 12.5. The molecule has 0 bridgehead atoms. The van der Waals surface area contributed by atoms with Crippen LogP contribution in [0.25, 0.3) is 0 Å². The summed E-state index contributed by atoms with van der Waals surface area (Å²) in [5.41, 5.74) is -0.0104. The van der Waals surface area contributed by atoms with Gasteiger partial charge in [-0.2, -0.15) is 0 Å². The van der Waals surface area contributed by atoms with Gasteiger partial charge in [-0.3, -0.25) is 0 Å². The van der Waals surface area contributed by atoms with Crippen molar-refractivity contribution in [3.63, 3.8) is 0 Å². The molecule has 1 fully saturated rings. The number of nitrogens with zero attached hydrogens (tertiary/aromatic N) is 3. The number of hydrogen-bond acceptors (Lipinski definition) is 6. The molecule has 8 heteroatoms. The second-order valence-electron chi connectivity index (χ2n) is 6.36. The highest BCUT2D eigenvalue weighted by molar-refractivity contribution is 7.91. The van der Waals surface area contributed by atoms with Crippen molar-refractivity contribution in [1.82, 2.24) is 14.9 Å². The van der Waals surface area contributed by atoms with Gasteiger partial charge >= 0.3 is 6.09 Å². The van der Waals surface area contributed by atoms with Gasteiger partial charge in [-0.05, 0) is 40.2 Å². The number of carbonyl (C=O) groups excluding carboxylic acids is 1. The van der Waals surface area contributed by atoms with E-state index >= 15 is 0 Å². The molecule has 1 atom stereocenters. The molecule has 1 aromatic heterocycles. The Bertz CT molecular complexity index is 667. The number of rotatable bonds is 2. The summed E-state index contributed by atoms with van der Waals surface area (Å²) in [4.78, 5) is 21.3. The number of aromatic nitrogens is 2. The maximum atomic E-state index is 12.5. The summed E-state index contributed by atoms with van der Waals surface area (Å²) in [5, 5.41) is -0.870. The predicted octanol–water partition coefficient (Wildman–Crippen LogP) is 1.57. The molecule has 0 spiro atoms. The Balaban J connectivity index is 2.11. The SMILES string of the molecule is Cc1ccnc(S(=O)(=O)[C@@H]2CCN(C(=O)OC(C)(C)C)C2)n1. The first-order valence-corrected chi connectivity index (χ1v) is 8.66. The van der Waals surface area contributed by atoms with Crippen molar-refractivity contribution in [2.75, 3.05) is 13.1 Å². The van der Waals surface area contributed by atoms with Crippen LogP contribution in [0.2, 0.25) is 0 Å². The van der Waals surface area contributed by atoms with E-state index in [0.717, 1.165) is 0 Å². The van der Waals surface area contributed by atoms with E-state index in [1.54, 1.807) is 33.8 Å². The Morgan fingerprint density at radius 3 is 2.68 bits per heavy atom. The highest BCUT2D eigenvalue weighted by Crippen LogP contribution is 2.23. The molecule has 1 aliphatic rings. The summed E-state index contributed by atoms with van der Waals surface area (Å²) in [5.74, 6) is 0. The van der Waals surface area contributed by atoms with Gasteiger partial charge in [-0.1, -0.05) is 0 Å². The number of likely N-dealkylation sites (tertiary alicyclic amines) is 1. The molecule has 0 unspecified atom stereocenters. The van der Waals surface area contributed by atoms with Crippen LogP contribution in [0.1, 0.15) is 32.9 Å². The van der Waals surface area contributed by atoms with Gasteiger partial charge in [0.2, 0.25) is 15.0 Å². The van der Waals surface area contributed by atoms with Crippen LogP contribution in [0.4, 0.5) is 4.79 Å². The van der Waals surface area contributed by atoms with E-state index in [4.69, 9.17) is 4.74 Å². The number of hydrogen-bond donors (Lipinski definition) is 0. The van der Waals surface area contributed by atoms with Crippen LogP contribution >= 0.6 is 0 Å². The quantitative estimate of drug-likeness (QED) is 0.766. The first-order chi connectivity index (χ1) is 10.1. The number of aryl methyl sites for hydroxylation is 1. The molecule has 22 heavy (non-hydrogen) atoms. The Labute approximate surface area is 130 Å². The van der Waals surface area contributed by atoms with Crippen molar-refractivity contribution in [1.29, 1.82) is 0 Å². The lowest BCUT2D eigenvalue weighted by molar-refractivity contribution is 0.0295. The van der Waals surface area contributed by atoms with Crippen molar-refractivity contribution in [2.45, 2.75) is 50.1 Å². The topological polar surface area (TPSA) is 89.5 Å². The van der Waals surface area contributed by atoms with Crippen LogP contribution < -0.4 is 0 Å². The highest BCUT2D eigenvalue weighted by Gasteiger charge is 2.39. The average molecular weight is 327 g/mol. The van der Waals surface area contributed by atoms with Gasteiger partial charge in [0.1, 0.15) is 5.60 Å². The zero-order valence-corrected chi connectivity index (χ0v) is 14.1. The Morgan fingerprint density at radius 2 is 2.09 bits per heavy atom. The molecule has 2 heterocycles. The van der Waals surface area contributed by atoms with Gasteiger partial charge in [-0.15, -0.1) is 0 Å². The zero-order valence-electron chi connectivity index (χ0n) is 13.2. The summed E-state index contributed by atoms with van der Waals surface area (Å²) in [6, 6.07) is 1.64. The van der Waals surface area contributed by atoms with Gasteiger partial charge < -0.3 is 9.64 Å². The van der Waals surface area contributed by atoms with E-state index in [9.17, 15) is 13.2 Å². The van der Waals surface area contributed by atoms with Crippen LogP contribution in [0.5, 0.6) is 0 Å². The summed E-state index contributed by atoms with van der Waals surface area (Å²) >= 11 is 0. The van der Waals surface area contributed by atoms with E-state index in [-0.39, 0.29) is 11.7 Å². The van der Waals surface area contributed by atoms with E-state index in [1.165, 1.54) is 11.1 Å². The molecule has 0 saturated carbocycles. The molecule has 0 aromatic carbocycles. The largest absolute Gasteiger partial charge is 0.444 e. The molecular formula is C14H21N3O4S. The second kappa shape index (κ2) is 5.83. The predicted molar refractivity (Wildman–Crippen MR) is 80.2 cm³/mol. The van der Waals surface area contributed by atoms with Gasteiger partial charge in [0.05, 0.1) is 5.25 Å². The summed E-state index contributed by atoms with van der Waals surface area (Å²) in [7, 11) is -3.64.